The first-order chi connectivity index (χ1) is 7.24. The maximum absolute atomic E-state index is 11.8. The van der Waals surface area contributed by atoms with Crippen LogP contribution < -0.4 is 0 Å². The summed E-state index contributed by atoms with van der Waals surface area (Å²) in [5.74, 6) is 0.537. The number of hydrogen-bond acceptors (Lipinski definition) is 4. The van der Waals surface area contributed by atoms with E-state index in [1.165, 1.54) is 4.31 Å². The number of nitrogens with zero attached hydrogens (tertiary/aromatic N) is 1. The highest BCUT2D eigenvalue weighted by atomic mass is 35.5. The maximum Gasteiger partial charge on any atom is 0.228 e. The second-order valence-corrected chi connectivity index (χ2v) is 8.96. The Morgan fingerprint density at radius 1 is 1.31 bits per heavy atom. The van der Waals surface area contributed by atoms with Crippen LogP contribution in [0.3, 0.4) is 0 Å². The van der Waals surface area contributed by atoms with Gasteiger partial charge in [-0.05, 0) is 18.8 Å². The third-order valence-electron chi connectivity index (χ3n) is 2.46. The molecule has 0 aromatic rings. The molecule has 5 nitrogen and oxygen atoms in total. The van der Waals surface area contributed by atoms with Gasteiger partial charge in [0.25, 0.3) is 0 Å². The molecule has 0 amide bonds. The lowest BCUT2D eigenvalue weighted by Crippen LogP contribution is -2.42. The molecular formula is C8H16ClNO4S2. The highest BCUT2D eigenvalue weighted by Gasteiger charge is 2.30. The van der Waals surface area contributed by atoms with Gasteiger partial charge in [0, 0.05) is 25.2 Å². The van der Waals surface area contributed by atoms with E-state index in [4.69, 9.17) is 11.6 Å². The molecule has 0 N–H and O–H groups in total. The van der Waals surface area contributed by atoms with Crippen molar-refractivity contribution in [3.8, 4) is 0 Å². The molecule has 1 aliphatic heterocycles. The van der Waals surface area contributed by atoms with Crippen LogP contribution in [0.1, 0.15) is 12.8 Å². The van der Waals surface area contributed by atoms with Gasteiger partial charge in [-0.2, -0.15) is 0 Å². The zero-order valence-electron chi connectivity index (χ0n) is 9.09. The molecule has 1 fully saturated rings. The molecule has 0 aliphatic carbocycles. The minimum Gasteiger partial charge on any atom is -0.228 e. The summed E-state index contributed by atoms with van der Waals surface area (Å²) in [5, 5.41) is -0.811. The van der Waals surface area contributed by atoms with Crippen LogP contribution >= 0.6 is 11.6 Å². The van der Waals surface area contributed by atoms with E-state index in [2.05, 4.69) is 0 Å². The average molecular weight is 290 g/mol. The number of piperidine rings is 1. The molecule has 0 aromatic heterocycles. The third-order valence-corrected chi connectivity index (χ3v) is 6.92. The van der Waals surface area contributed by atoms with Crippen LogP contribution in [0, 0.1) is 5.92 Å². The number of halogens is 1. The van der Waals surface area contributed by atoms with Crippen molar-refractivity contribution in [2.75, 3.05) is 30.3 Å². The monoisotopic (exact) mass is 289 g/mol. The van der Waals surface area contributed by atoms with Gasteiger partial charge in [0.15, 0.2) is 14.9 Å². The quantitative estimate of drug-likeness (QED) is 0.697. The fourth-order valence-corrected chi connectivity index (χ4v) is 5.61. The summed E-state index contributed by atoms with van der Waals surface area (Å²) in [7, 11) is -7.22. The van der Waals surface area contributed by atoms with Crippen LogP contribution in [-0.2, 0) is 19.9 Å². The van der Waals surface area contributed by atoms with Crippen LogP contribution in [0.5, 0.6) is 0 Å². The topological polar surface area (TPSA) is 71.5 Å². The number of alkyl halides is 1. The van der Waals surface area contributed by atoms with E-state index in [-0.39, 0.29) is 5.92 Å². The molecule has 16 heavy (non-hydrogen) atoms. The number of sulfonamides is 1. The fraction of sp³-hybridized carbons (Fsp3) is 1.00. The maximum atomic E-state index is 11.8. The van der Waals surface area contributed by atoms with Crippen molar-refractivity contribution in [2.45, 2.75) is 12.8 Å². The van der Waals surface area contributed by atoms with Crippen LogP contribution in [0.15, 0.2) is 0 Å². The van der Waals surface area contributed by atoms with Gasteiger partial charge in [-0.1, -0.05) is 0 Å². The third kappa shape index (κ3) is 4.20. The van der Waals surface area contributed by atoms with Gasteiger partial charge in [0.1, 0.15) is 0 Å². The van der Waals surface area contributed by atoms with Gasteiger partial charge >= 0.3 is 0 Å². The van der Waals surface area contributed by atoms with E-state index < -0.39 is 24.9 Å². The van der Waals surface area contributed by atoms with Crippen LogP contribution in [0.2, 0.25) is 0 Å². The van der Waals surface area contributed by atoms with Gasteiger partial charge in [-0.3, -0.25) is 0 Å². The first kappa shape index (κ1) is 14.2. The predicted octanol–water partition coefficient (Wildman–Crippen LogP) is 0.269. The Hall–Kier alpha value is 0.150. The minimum absolute atomic E-state index is 0.129. The van der Waals surface area contributed by atoms with Gasteiger partial charge < -0.3 is 0 Å². The summed E-state index contributed by atoms with van der Waals surface area (Å²) in [5.41, 5.74) is 0. The molecule has 8 heteroatoms. The molecular weight excluding hydrogens is 274 g/mol. The zero-order valence-corrected chi connectivity index (χ0v) is 11.5. The Balaban J connectivity index is 2.76. The summed E-state index contributed by atoms with van der Waals surface area (Å²) in [4.78, 5) is 0. The van der Waals surface area contributed by atoms with Crippen LogP contribution in [0.4, 0.5) is 0 Å². The minimum atomic E-state index is -3.70. The van der Waals surface area contributed by atoms with Crippen molar-refractivity contribution in [2.24, 2.45) is 5.92 Å². The molecule has 0 saturated carbocycles. The second-order valence-electron chi connectivity index (χ2n) is 4.18. The Labute approximate surface area is 102 Å². The van der Waals surface area contributed by atoms with Gasteiger partial charge in [-0.25, -0.2) is 21.1 Å². The van der Waals surface area contributed by atoms with E-state index >= 15 is 0 Å². The van der Waals surface area contributed by atoms with Crippen molar-refractivity contribution < 1.29 is 16.8 Å². The van der Waals surface area contributed by atoms with Crippen LogP contribution in [0.25, 0.3) is 0 Å². The Kier molecular flexibility index (Phi) is 4.62. The predicted molar refractivity (Wildman–Crippen MR) is 63.6 cm³/mol. The molecule has 1 rings (SSSR count). The second kappa shape index (κ2) is 5.20. The van der Waals surface area contributed by atoms with E-state index in [0.717, 1.165) is 19.1 Å². The molecule has 0 bridgehead atoms. The van der Waals surface area contributed by atoms with Crippen molar-refractivity contribution in [3.05, 3.63) is 0 Å². The number of rotatable bonds is 4. The summed E-state index contributed by atoms with van der Waals surface area (Å²) in [6, 6.07) is 0. The summed E-state index contributed by atoms with van der Waals surface area (Å²) in [6.07, 6.45) is 2.56. The zero-order chi connectivity index (χ0) is 12.4. The molecule has 0 radical (unpaired) electrons. The smallest absolute Gasteiger partial charge is 0.228 e. The molecule has 1 saturated heterocycles. The molecule has 1 aliphatic rings. The first-order valence-corrected chi connectivity index (χ1v) is 9.16. The van der Waals surface area contributed by atoms with E-state index in [1.807, 2.05) is 0 Å². The SMILES string of the molecule is CS(=O)(=O)CS(=O)(=O)N1CCCC(CCl)C1. The molecule has 0 aromatic carbocycles. The largest absolute Gasteiger partial charge is 0.228 e. The number of hydrogen-bond donors (Lipinski definition) is 0. The summed E-state index contributed by atoms with van der Waals surface area (Å²) in [6.45, 7) is 0.729. The highest BCUT2D eigenvalue weighted by molar-refractivity contribution is 8.06. The van der Waals surface area contributed by atoms with Crippen molar-refractivity contribution in [3.63, 3.8) is 0 Å². The molecule has 0 spiro atoms. The van der Waals surface area contributed by atoms with Crippen LogP contribution in [-0.4, -0.2) is 51.5 Å². The normalized spacial score (nSPS) is 24.5. The molecule has 1 atom stereocenters. The fourth-order valence-electron chi connectivity index (χ4n) is 1.75. The standard InChI is InChI=1S/C8H16ClNO4S2/c1-15(11,12)7-16(13,14)10-4-2-3-8(5-9)6-10/h8H,2-7H2,1H3. The Morgan fingerprint density at radius 2 is 1.94 bits per heavy atom. The van der Waals surface area contributed by atoms with Crippen molar-refractivity contribution >= 4 is 31.5 Å². The van der Waals surface area contributed by atoms with Gasteiger partial charge in [-0.15, -0.1) is 11.6 Å². The molecule has 1 unspecified atom stereocenters. The lowest BCUT2D eigenvalue weighted by Gasteiger charge is -2.30. The van der Waals surface area contributed by atoms with Crippen molar-refractivity contribution in [1.29, 1.82) is 0 Å². The average Bonchev–Trinajstić information content (AvgIpc) is 2.14. The Morgan fingerprint density at radius 3 is 2.44 bits per heavy atom. The van der Waals surface area contributed by atoms with E-state index in [1.54, 1.807) is 0 Å². The lowest BCUT2D eigenvalue weighted by atomic mass is 10.0. The van der Waals surface area contributed by atoms with E-state index in [9.17, 15) is 16.8 Å². The van der Waals surface area contributed by atoms with Crippen molar-refractivity contribution in [1.82, 2.24) is 4.31 Å². The van der Waals surface area contributed by atoms with E-state index in [0.29, 0.717) is 19.0 Å². The molecule has 96 valence electrons. The summed E-state index contributed by atoms with van der Waals surface area (Å²) < 4.78 is 46.8. The lowest BCUT2D eigenvalue weighted by molar-refractivity contribution is 0.284. The van der Waals surface area contributed by atoms with Gasteiger partial charge in [0.05, 0.1) is 0 Å². The Bertz CT molecular complexity index is 431. The summed E-state index contributed by atoms with van der Waals surface area (Å²) >= 11 is 5.69. The number of sulfone groups is 1. The van der Waals surface area contributed by atoms with Gasteiger partial charge in [0.2, 0.25) is 10.0 Å². The molecule has 1 heterocycles. The highest BCUT2D eigenvalue weighted by Crippen LogP contribution is 2.20. The first-order valence-electron chi connectivity index (χ1n) is 4.96.